The van der Waals surface area contributed by atoms with Crippen molar-refractivity contribution in [1.29, 1.82) is 5.26 Å². The van der Waals surface area contributed by atoms with Gasteiger partial charge >= 0.3 is 0 Å². The first-order chi connectivity index (χ1) is 8.19. The monoisotopic (exact) mass is 236 g/mol. The van der Waals surface area contributed by atoms with Gasteiger partial charge in [0.15, 0.2) is 11.6 Å². The molecular weight excluding hydrogens is 219 g/mol. The van der Waals surface area contributed by atoms with Crippen LogP contribution in [0.2, 0.25) is 0 Å². The van der Waals surface area contributed by atoms with Gasteiger partial charge in [-0.05, 0) is 31.5 Å². The molecular formula is C13H17FN2O. The van der Waals surface area contributed by atoms with Crippen LogP contribution in [0.25, 0.3) is 0 Å². The lowest BCUT2D eigenvalue weighted by Crippen LogP contribution is -2.33. The van der Waals surface area contributed by atoms with Crippen LogP contribution in [0.4, 0.5) is 4.39 Å². The average molecular weight is 236 g/mol. The second kappa shape index (κ2) is 6.87. The lowest BCUT2D eigenvalue weighted by atomic mass is 10.2. The van der Waals surface area contributed by atoms with Gasteiger partial charge in [0.25, 0.3) is 0 Å². The zero-order valence-electron chi connectivity index (χ0n) is 10.2. The van der Waals surface area contributed by atoms with Crippen molar-refractivity contribution in [3.05, 3.63) is 29.6 Å². The molecule has 0 aliphatic carbocycles. The summed E-state index contributed by atoms with van der Waals surface area (Å²) >= 11 is 0. The molecule has 0 aliphatic rings. The first kappa shape index (κ1) is 13.5. The molecule has 0 aliphatic heterocycles. The van der Waals surface area contributed by atoms with Gasteiger partial charge in [-0.2, -0.15) is 5.26 Å². The SMILES string of the molecule is CCCNC(C#N)COc1cccc(C)c1F. The Morgan fingerprint density at radius 3 is 2.94 bits per heavy atom. The molecule has 17 heavy (non-hydrogen) atoms. The zero-order chi connectivity index (χ0) is 12.7. The highest BCUT2D eigenvalue weighted by atomic mass is 19.1. The van der Waals surface area contributed by atoms with Crippen molar-refractivity contribution < 1.29 is 9.13 Å². The summed E-state index contributed by atoms with van der Waals surface area (Å²) in [5.41, 5.74) is 0.539. The molecule has 0 fully saturated rings. The number of halogens is 1. The van der Waals surface area contributed by atoms with Gasteiger partial charge in [-0.1, -0.05) is 19.1 Å². The van der Waals surface area contributed by atoms with E-state index in [1.54, 1.807) is 25.1 Å². The first-order valence-electron chi connectivity index (χ1n) is 5.70. The van der Waals surface area contributed by atoms with Gasteiger partial charge in [0.2, 0.25) is 0 Å². The van der Waals surface area contributed by atoms with Crippen molar-refractivity contribution in [1.82, 2.24) is 5.32 Å². The Kier molecular flexibility index (Phi) is 5.44. The van der Waals surface area contributed by atoms with Gasteiger partial charge in [0.1, 0.15) is 12.6 Å². The van der Waals surface area contributed by atoms with Crippen LogP contribution in [0.1, 0.15) is 18.9 Å². The zero-order valence-corrected chi connectivity index (χ0v) is 10.2. The van der Waals surface area contributed by atoms with E-state index < -0.39 is 6.04 Å². The van der Waals surface area contributed by atoms with Crippen LogP contribution in [-0.4, -0.2) is 19.2 Å². The third-order valence-corrected chi connectivity index (χ3v) is 2.36. The van der Waals surface area contributed by atoms with E-state index in [2.05, 4.69) is 11.4 Å². The van der Waals surface area contributed by atoms with Crippen LogP contribution in [0.5, 0.6) is 5.75 Å². The summed E-state index contributed by atoms with van der Waals surface area (Å²) in [6.07, 6.45) is 0.941. The Labute approximate surface area is 101 Å². The Morgan fingerprint density at radius 2 is 2.29 bits per heavy atom. The minimum absolute atomic E-state index is 0.150. The fourth-order valence-corrected chi connectivity index (χ4v) is 1.37. The molecule has 1 unspecified atom stereocenters. The standard InChI is InChI=1S/C13H17FN2O/c1-3-7-16-11(8-15)9-17-12-6-4-5-10(2)13(12)14/h4-6,11,16H,3,7,9H2,1-2H3. The molecule has 0 saturated carbocycles. The van der Waals surface area contributed by atoms with Gasteiger partial charge in [0, 0.05) is 0 Å². The van der Waals surface area contributed by atoms with Crippen molar-refractivity contribution in [2.24, 2.45) is 0 Å². The van der Waals surface area contributed by atoms with E-state index in [9.17, 15) is 4.39 Å². The predicted octanol–water partition coefficient (Wildman–Crippen LogP) is 2.40. The van der Waals surface area contributed by atoms with Gasteiger partial charge < -0.3 is 4.74 Å². The molecule has 4 heteroatoms. The molecule has 1 N–H and O–H groups in total. The molecule has 92 valence electrons. The van der Waals surface area contributed by atoms with E-state index in [0.717, 1.165) is 13.0 Å². The molecule has 1 aromatic carbocycles. The van der Waals surface area contributed by atoms with Gasteiger partial charge in [-0.3, -0.25) is 5.32 Å². The largest absolute Gasteiger partial charge is 0.488 e. The van der Waals surface area contributed by atoms with Crippen LogP contribution in [0.3, 0.4) is 0 Å². The van der Waals surface area contributed by atoms with E-state index in [0.29, 0.717) is 5.56 Å². The average Bonchev–Trinajstić information content (AvgIpc) is 2.34. The van der Waals surface area contributed by atoms with Crippen LogP contribution in [-0.2, 0) is 0 Å². The fourth-order valence-electron chi connectivity index (χ4n) is 1.37. The lowest BCUT2D eigenvalue weighted by Gasteiger charge is -2.13. The Morgan fingerprint density at radius 1 is 1.53 bits per heavy atom. The molecule has 0 radical (unpaired) electrons. The van der Waals surface area contributed by atoms with Gasteiger partial charge in [0.05, 0.1) is 6.07 Å². The molecule has 0 heterocycles. The van der Waals surface area contributed by atoms with Crippen LogP contribution < -0.4 is 10.1 Å². The third kappa shape index (κ3) is 4.04. The Bertz CT molecular complexity index is 401. The number of benzene rings is 1. The lowest BCUT2D eigenvalue weighted by molar-refractivity contribution is 0.276. The van der Waals surface area contributed by atoms with Crippen molar-refractivity contribution in [2.45, 2.75) is 26.3 Å². The molecule has 1 rings (SSSR count). The molecule has 0 amide bonds. The number of rotatable bonds is 6. The topological polar surface area (TPSA) is 45.0 Å². The molecule has 1 atom stereocenters. The molecule has 3 nitrogen and oxygen atoms in total. The molecule has 0 saturated heterocycles. The maximum Gasteiger partial charge on any atom is 0.167 e. The number of nitriles is 1. The summed E-state index contributed by atoms with van der Waals surface area (Å²) in [6.45, 7) is 4.59. The van der Waals surface area contributed by atoms with Gasteiger partial charge in [-0.25, -0.2) is 4.39 Å². The maximum absolute atomic E-state index is 13.6. The van der Waals surface area contributed by atoms with E-state index >= 15 is 0 Å². The first-order valence-corrected chi connectivity index (χ1v) is 5.70. The van der Waals surface area contributed by atoms with E-state index in [4.69, 9.17) is 10.00 Å². The van der Waals surface area contributed by atoms with Crippen LogP contribution in [0, 0.1) is 24.1 Å². The number of hydrogen-bond acceptors (Lipinski definition) is 3. The quantitative estimate of drug-likeness (QED) is 0.825. The minimum atomic E-state index is -0.408. The highest BCUT2D eigenvalue weighted by molar-refractivity contribution is 5.30. The summed E-state index contributed by atoms with van der Waals surface area (Å²) in [5, 5.41) is 11.9. The second-order valence-corrected chi connectivity index (χ2v) is 3.83. The highest BCUT2D eigenvalue weighted by Gasteiger charge is 2.10. The van der Waals surface area contributed by atoms with Crippen LogP contribution in [0.15, 0.2) is 18.2 Å². The van der Waals surface area contributed by atoms with E-state index in [1.807, 2.05) is 6.92 Å². The smallest absolute Gasteiger partial charge is 0.167 e. The summed E-state index contributed by atoms with van der Waals surface area (Å²) in [6, 6.07) is 6.65. The molecule has 0 spiro atoms. The predicted molar refractivity (Wildman–Crippen MR) is 64.3 cm³/mol. The Balaban J connectivity index is 2.54. The molecule has 1 aromatic rings. The molecule has 0 aromatic heterocycles. The summed E-state index contributed by atoms with van der Waals surface area (Å²) in [7, 11) is 0. The van der Waals surface area contributed by atoms with Crippen LogP contribution >= 0.6 is 0 Å². The van der Waals surface area contributed by atoms with Crippen molar-refractivity contribution in [3.63, 3.8) is 0 Å². The van der Waals surface area contributed by atoms with E-state index in [-0.39, 0.29) is 18.2 Å². The second-order valence-electron chi connectivity index (χ2n) is 3.83. The number of ether oxygens (including phenoxy) is 1. The van der Waals surface area contributed by atoms with E-state index in [1.165, 1.54) is 0 Å². The molecule has 0 bridgehead atoms. The normalized spacial score (nSPS) is 11.9. The number of aryl methyl sites for hydroxylation is 1. The summed E-state index contributed by atoms with van der Waals surface area (Å²) in [5.74, 6) is -0.164. The maximum atomic E-state index is 13.6. The summed E-state index contributed by atoms with van der Waals surface area (Å²) in [4.78, 5) is 0. The fraction of sp³-hybridized carbons (Fsp3) is 0.462. The summed E-state index contributed by atoms with van der Waals surface area (Å²) < 4.78 is 18.9. The van der Waals surface area contributed by atoms with Gasteiger partial charge in [-0.15, -0.1) is 0 Å². The Hall–Kier alpha value is -1.60. The minimum Gasteiger partial charge on any atom is -0.488 e. The third-order valence-electron chi connectivity index (χ3n) is 2.36. The number of nitrogens with one attached hydrogen (secondary N) is 1. The number of nitrogens with zero attached hydrogens (tertiary/aromatic N) is 1. The number of hydrogen-bond donors (Lipinski definition) is 1. The van der Waals surface area contributed by atoms with Crippen molar-refractivity contribution in [2.75, 3.05) is 13.2 Å². The van der Waals surface area contributed by atoms with Crippen molar-refractivity contribution >= 4 is 0 Å². The van der Waals surface area contributed by atoms with Crippen molar-refractivity contribution in [3.8, 4) is 11.8 Å². The highest BCUT2D eigenvalue weighted by Crippen LogP contribution is 2.19.